The van der Waals surface area contributed by atoms with Gasteiger partial charge in [0.15, 0.2) is 0 Å². The molecule has 1 unspecified atom stereocenters. The van der Waals surface area contributed by atoms with Gasteiger partial charge in [0.05, 0.1) is 11.6 Å². The lowest BCUT2D eigenvalue weighted by atomic mass is 9.98. The lowest BCUT2D eigenvalue weighted by molar-refractivity contribution is -0.143. The molecule has 2 aromatic carbocycles. The second kappa shape index (κ2) is 11.6. The van der Waals surface area contributed by atoms with Gasteiger partial charge in [0.2, 0.25) is 0 Å². The van der Waals surface area contributed by atoms with Gasteiger partial charge in [-0.05, 0) is 37.1 Å². The van der Waals surface area contributed by atoms with Crippen LogP contribution in [0.25, 0.3) is 0 Å². The van der Waals surface area contributed by atoms with Crippen molar-refractivity contribution >= 4 is 24.1 Å². The Kier molecular flexibility index (Phi) is 9.20. The predicted molar refractivity (Wildman–Crippen MR) is 113 cm³/mol. The van der Waals surface area contributed by atoms with Crippen LogP contribution in [0.2, 0.25) is 0 Å². The van der Waals surface area contributed by atoms with E-state index in [1.54, 1.807) is 36.4 Å². The molecule has 1 saturated heterocycles. The molecule has 8 heteroatoms. The fraction of sp³-hybridized carbons (Fsp3) is 0.364. The van der Waals surface area contributed by atoms with E-state index in [4.69, 9.17) is 9.94 Å². The molecule has 0 saturated carbocycles. The van der Waals surface area contributed by atoms with Crippen LogP contribution in [0.4, 0.5) is 8.78 Å². The van der Waals surface area contributed by atoms with Gasteiger partial charge >= 0.3 is 5.97 Å². The minimum Gasteiger partial charge on any atom is -0.481 e. The van der Waals surface area contributed by atoms with E-state index in [2.05, 4.69) is 5.16 Å². The Balaban J connectivity index is 0.00000320. The average Bonchev–Trinajstić information content (AvgIpc) is 2.72. The molecule has 3 rings (SSSR count). The molecule has 5 nitrogen and oxygen atoms in total. The quantitative estimate of drug-likeness (QED) is 0.382. The number of aliphatic carboxylic acids is 1. The predicted octanol–water partition coefficient (Wildman–Crippen LogP) is 4.15. The summed E-state index contributed by atoms with van der Waals surface area (Å²) >= 11 is 0. The number of likely N-dealkylation sites (tertiary alicyclic amines) is 1. The standard InChI is InChI=1S/C22H24F2N2O3.ClH/c23-19-9-3-1-6-16(19)14-21(18-8-2-4-10-20(18)24)25-29-13-12-26-11-5-7-17(15-26)22(27)28;/h1-4,6,8-10,17H,5,7,11-15H2,(H,27,28);1H. The molecule has 2 aromatic rings. The first kappa shape index (κ1) is 23.8. The summed E-state index contributed by atoms with van der Waals surface area (Å²) in [5.74, 6) is -1.97. The molecule has 1 N–H and O–H groups in total. The molecule has 1 fully saturated rings. The van der Waals surface area contributed by atoms with Gasteiger partial charge in [-0.3, -0.25) is 9.69 Å². The van der Waals surface area contributed by atoms with Gasteiger partial charge in [0.25, 0.3) is 0 Å². The van der Waals surface area contributed by atoms with E-state index in [0.29, 0.717) is 30.8 Å². The van der Waals surface area contributed by atoms with Crippen molar-refractivity contribution in [3.8, 4) is 0 Å². The smallest absolute Gasteiger partial charge is 0.307 e. The number of hydrogen-bond donors (Lipinski definition) is 1. The van der Waals surface area contributed by atoms with E-state index in [9.17, 15) is 13.6 Å². The molecule has 1 aliphatic rings. The third kappa shape index (κ3) is 6.50. The maximum absolute atomic E-state index is 14.3. The lowest BCUT2D eigenvalue weighted by Gasteiger charge is -2.29. The highest BCUT2D eigenvalue weighted by molar-refractivity contribution is 6.01. The highest BCUT2D eigenvalue weighted by Crippen LogP contribution is 2.17. The maximum Gasteiger partial charge on any atom is 0.307 e. The van der Waals surface area contributed by atoms with Gasteiger partial charge < -0.3 is 9.94 Å². The number of oxime groups is 1. The van der Waals surface area contributed by atoms with E-state index >= 15 is 0 Å². The van der Waals surface area contributed by atoms with Crippen molar-refractivity contribution in [2.75, 3.05) is 26.2 Å². The molecule has 0 aromatic heterocycles. The van der Waals surface area contributed by atoms with Crippen molar-refractivity contribution in [3.05, 3.63) is 71.3 Å². The van der Waals surface area contributed by atoms with Gasteiger partial charge in [-0.1, -0.05) is 41.6 Å². The number of rotatable bonds is 8. The second-order valence-electron chi connectivity index (χ2n) is 7.10. The Hall–Kier alpha value is -2.51. The van der Waals surface area contributed by atoms with Crippen LogP contribution in [0.1, 0.15) is 24.0 Å². The van der Waals surface area contributed by atoms with Crippen molar-refractivity contribution in [1.82, 2.24) is 4.90 Å². The molecule has 30 heavy (non-hydrogen) atoms. The highest BCUT2D eigenvalue weighted by Gasteiger charge is 2.25. The van der Waals surface area contributed by atoms with Gasteiger partial charge in [0, 0.05) is 25.1 Å². The normalized spacial score (nSPS) is 17.3. The molecule has 1 atom stereocenters. The summed E-state index contributed by atoms with van der Waals surface area (Å²) in [6.07, 6.45) is 1.61. The Labute approximate surface area is 180 Å². The van der Waals surface area contributed by atoms with E-state index in [-0.39, 0.29) is 42.7 Å². The van der Waals surface area contributed by atoms with Crippen LogP contribution >= 0.6 is 12.4 Å². The maximum atomic E-state index is 14.3. The Morgan fingerprint density at radius 2 is 1.83 bits per heavy atom. The zero-order valence-electron chi connectivity index (χ0n) is 16.5. The zero-order chi connectivity index (χ0) is 20.6. The van der Waals surface area contributed by atoms with Crippen LogP contribution in [-0.2, 0) is 16.1 Å². The monoisotopic (exact) mass is 438 g/mol. The lowest BCUT2D eigenvalue weighted by Crippen LogP contribution is -2.40. The summed E-state index contributed by atoms with van der Waals surface area (Å²) in [6.45, 7) is 2.06. The first-order valence-corrected chi connectivity index (χ1v) is 9.67. The van der Waals surface area contributed by atoms with E-state index < -0.39 is 11.8 Å². The van der Waals surface area contributed by atoms with Crippen LogP contribution in [-0.4, -0.2) is 47.9 Å². The van der Waals surface area contributed by atoms with Crippen molar-refractivity contribution in [2.24, 2.45) is 11.1 Å². The number of nitrogens with zero attached hydrogens (tertiary/aromatic N) is 2. The minimum atomic E-state index is -0.777. The largest absolute Gasteiger partial charge is 0.481 e. The van der Waals surface area contributed by atoms with Gasteiger partial charge in [0.1, 0.15) is 18.2 Å². The molecule has 1 heterocycles. The van der Waals surface area contributed by atoms with E-state index in [1.165, 1.54) is 12.1 Å². The summed E-state index contributed by atoms with van der Waals surface area (Å²) in [5, 5.41) is 13.3. The first-order chi connectivity index (χ1) is 14.0. The fourth-order valence-corrected chi connectivity index (χ4v) is 3.45. The second-order valence-corrected chi connectivity index (χ2v) is 7.10. The molecular formula is C22H25ClF2N2O3. The number of hydrogen-bond acceptors (Lipinski definition) is 4. The third-order valence-electron chi connectivity index (χ3n) is 5.03. The van der Waals surface area contributed by atoms with Crippen LogP contribution in [0.15, 0.2) is 53.7 Å². The summed E-state index contributed by atoms with van der Waals surface area (Å²) in [6, 6.07) is 12.5. The number of halogens is 3. The van der Waals surface area contributed by atoms with Gasteiger partial charge in [-0.15, -0.1) is 12.4 Å². The number of piperidine rings is 1. The van der Waals surface area contributed by atoms with Crippen molar-refractivity contribution in [3.63, 3.8) is 0 Å². The molecule has 0 aliphatic carbocycles. The van der Waals surface area contributed by atoms with Crippen molar-refractivity contribution in [1.29, 1.82) is 0 Å². The summed E-state index contributed by atoms with van der Waals surface area (Å²) in [7, 11) is 0. The topological polar surface area (TPSA) is 62.1 Å². The molecule has 0 radical (unpaired) electrons. The van der Waals surface area contributed by atoms with Crippen LogP contribution in [0.3, 0.4) is 0 Å². The highest BCUT2D eigenvalue weighted by atomic mass is 35.5. The van der Waals surface area contributed by atoms with Crippen LogP contribution < -0.4 is 0 Å². The Morgan fingerprint density at radius 1 is 1.13 bits per heavy atom. The zero-order valence-corrected chi connectivity index (χ0v) is 17.3. The Bertz CT molecular complexity index is 879. The molecule has 0 spiro atoms. The summed E-state index contributed by atoms with van der Waals surface area (Å²) in [5.41, 5.74) is 0.966. The summed E-state index contributed by atoms with van der Waals surface area (Å²) < 4.78 is 28.3. The van der Waals surface area contributed by atoms with Crippen molar-refractivity contribution in [2.45, 2.75) is 19.3 Å². The van der Waals surface area contributed by atoms with Gasteiger partial charge in [-0.2, -0.15) is 0 Å². The molecule has 0 bridgehead atoms. The number of benzene rings is 2. The Morgan fingerprint density at radius 3 is 2.53 bits per heavy atom. The van der Waals surface area contributed by atoms with Crippen LogP contribution in [0.5, 0.6) is 0 Å². The molecule has 162 valence electrons. The molecule has 0 amide bonds. The number of carboxylic acid groups (broad SMARTS) is 1. The summed E-state index contributed by atoms with van der Waals surface area (Å²) in [4.78, 5) is 18.6. The van der Waals surface area contributed by atoms with Crippen molar-refractivity contribution < 1.29 is 23.5 Å². The SMILES string of the molecule is Cl.O=C(O)C1CCCN(CCON=C(Cc2ccccc2F)c2ccccc2F)C1. The van der Waals surface area contributed by atoms with Gasteiger partial charge in [-0.25, -0.2) is 8.78 Å². The first-order valence-electron chi connectivity index (χ1n) is 9.67. The average molecular weight is 439 g/mol. The third-order valence-corrected chi connectivity index (χ3v) is 5.03. The molecular weight excluding hydrogens is 414 g/mol. The van der Waals surface area contributed by atoms with E-state index in [1.807, 2.05) is 4.90 Å². The fourth-order valence-electron chi connectivity index (χ4n) is 3.45. The van der Waals surface area contributed by atoms with Crippen LogP contribution in [0, 0.1) is 17.6 Å². The van der Waals surface area contributed by atoms with E-state index in [0.717, 1.165) is 13.0 Å². The molecule has 1 aliphatic heterocycles. The minimum absolute atomic E-state index is 0. The number of carboxylic acids is 1. The number of carbonyl (C=O) groups is 1.